The van der Waals surface area contributed by atoms with Crippen molar-refractivity contribution in [1.82, 2.24) is 9.88 Å². The third-order valence-corrected chi connectivity index (χ3v) is 3.10. The number of pyridine rings is 1. The van der Waals surface area contributed by atoms with Crippen molar-refractivity contribution >= 4 is 11.7 Å². The third-order valence-electron chi connectivity index (χ3n) is 3.10. The second-order valence-corrected chi connectivity index (χ2v) is 5.13. The van der Waals surface area contributed by atoms with Gasteiger partial charge in [-0.15, -0.1) is 0 Å². The molecule has 0 atom stereocenters. The van der Waals surface area contributed by atoms with Gasteiger partial charge in [0.2, 0.25) is 0 Å². The maximum absolute atomic E-state index is 13.6. The minimum absolute atomic E-state index is 0.167. The van der Waals surface area contributed by atoms with Gasteiger partial charge in [-0.05, 0) is 29.8 Å². The lowest BCUT2D eigenvalue weighted by atomic mass is 10.2. The van der Waals surface area contributed by atoms with E-state index in [0.29, 0.717) is 16.9 Å². The first kappa shape index (κ1) is 17.6. The smallest absolute Gasteiger partial charge is 0.387 e. The van der Waals surface area contributed by atoms with Gasteiger partial charge in [0.05, 0.1) is 0 Å². The number of alkyl halides is 2. The number of nitrogens with one attached hydrogen (secondary N) is 1. The molecule has 1 N–H and O–H groups in total. The van der Waals surface area contributed by atoms with E-state index in [2.05, 4.69) is 15.0 Å². The predicted molar refractivity (Wildman–Crippen MR) is 82.6 cm³/mol. The maximum atomic E-state index is 13.6. The van der Waals surface area contributed by atoms with Crippen LogP contribution in [0.5, 0.6) is 5.75 Å². The number of nitrogens with zero attached hydrogens (tertiary/aromatic N) is 2. The predicted octanol–water partition coefficient (Wildman–Crippen LogP) is 3.14. The monoisotopic (exact) mass is 339 g/mol. The van der Waals surface area contributed by atoms with E-state index < -0.39 is 18.2 Å². The fourth-order valence-electron chi connectivity index (χ4n) is 1.96. The van der Waals surface area contributed by atoms with Crippen molar-refractivity contribution in [2.24, 2.45) is 0 Å². The van der Waals surface area contributed by atoms with E-state index in [1.54, 1.807) is 26.2 Å². The molecule has 2 aromatic rings. The van der Waals surface area contributed by atoms with Gasteiger partial charge < -0.3 is 15.0 Å². The third kappa shape index (κ3) is 4.61. The Bertz CT molecular complexity index is 723. The number of benzene rings is 1. The van der Waals surface area contributed by atoms with Crippen LogP contribution in [0.3, 0.4) is 0 Å². The number of carbonyl (C=O) groups excluding carboxylic acids is 1. The average Bonchev–Trinajstić information content (AvgIpc) is 2.54. The van der Waals surface area contributed by atoms with Crippen LogP contribution in [0.4, 0.5) is 19.0 Å². The number of ether oxygens (including phenoxy) is 1. The molecular formula is C16H16F3N3O2. The van der Waals surface area contributed by atoms with Crippen LogP contribution in [0.2, 0.25) is 0 Å². The van der Waals surface area contributed by atoms with Crippen molar-refractivity contribution in [3.8, 4) is 5.75 Å². The lowest BCUT2D eigenvalue weighted by Gasteiger charge is -2.12. The fraction of sp³-hybridized carbons (Fsp3) is 0.250. The number of rotatable bonds is 6. The Morgan fingerprint density at radius 2 is 2.04 bits per heavy atom. The lowest BCUT2D eigenvalue weighted by molar-refractivity contribution is -0.0522. The number of amides is 1. The van der Waals surface area contributed by atoms with E-state index >= 15 is 0 Å². The highest BCUT2D eigenvalue weighted by molar-refractivity contribution is 5.94. The number of anilines is 1. The summed E-state index contributed by atoms with van der Waals surface area (Å²) in [5, 5.41) is 2.95. The molecule has 0 aliphatic carbocycles. The van der Waals surface area contributed by atoms with E-state index in [0.717, 1.165) is 12.1 Å². The van der Waals surface area contributed by atoms with E-state index in [1.807, 2.05) is 0 Å². The Kier molecular flexibility index (Phi) is 5.62. The first-order valence-corrected chi connectivity index (χ1v) is 7.01. The van der Waals surface area contributed by atoms with Gasteiger partial charge in [-0.2, -0.15) is 8.78 Å². The zero-order chi connectivity index (χ0) is 17.7. The van der Waals surface area contributed by atoms with Crippen molar-refractivity contribution in [2.45, 2.75) is 13.2 Å². The summed E-state index contributed by atoms with van der Waals surface area (Å²) in [4.78, 5) is 17.4. The van der Waals surface area contributed by atoms with Crippen molar-refractivity contribution in [1.29, 1.82) is 0 Å². The van der Waals surface area contributed by atoms with E-state index in [1.165, 1.54) is 17.2 Å². The Hall–Kier alpha value is -2.77. The highest BCUT2D eigenvalue weighted by Crippen LogP contribution is 2.21. The van der Waals surface area contributed by atoms with Gasteiger partial charge in [-0.25, -0.2) is 9.37 Å². The summed E-state index contributed by atoms with van der Waals surface area (Å²) >= 11 is 0. The van der Waals surface area contributed by atoms with E-state index in [9.17, 15) is 18.0 Å². The lowest BCUT2D eigenvalue weighted by Crippen LogP contribution is -2.21. The van der Waals surface area contributed by atoms with Crippen LogP contribution >= 0.6 is 0 Å². The van der Waals surface area contributed by atoms with Crippen LogP contribution in [0.25, 0.3) is 0 Å². The molecule has 0 saturated carbocycles. The van der Waals surface area contributed by atoms with Crippen LogP contribution in [-0.2, 0) is 6.54 Å². The van der Waals surface area contributed by atoms with Crippen molar-refractivity contribution in [3.63, 3.8) is 0 Å². The minimum Gasteiger partial charge on any atom is -0.432 e. The number of halogens is 3. The highest BCUT2D eigenvalue weighted by atomic mass is 19.3. The Morgan fingerprint density at radius 1 is 1.29 bits per heavy atom. The summed E-state index contributed by atoms with van der Waals surface area (Å²) in [6.45, 7) is -2.87. The molecule has 1 amide bonds. The normalized spacial score (nSPS) is 10.6. The molecule has 0 fully saturated rings. The molecule has 0 unspecified atom stereocenters. The maximum Gasteiger partial charge on any atom is 0.387 e. The van der Waals surface area contributed by atoms with Crippen molar-refractivity contribution < 1.29 is 22.7 Å². The molecule has 0 saturated heterocycles. The number of aromatic nitrogens is 1. The second-order valence-electron chi connectivity index (χ2n) is 5.13. The fourth-order valence-corrected chi connectivity index (χ4v) is 1.96. The minimum atomic E-state index is -3.08. The molecule has 0 bridgehead atoms. The van der Waals surface area contributed by atoms with Crippen LogP contribution in [0, 0.1) is 5.82 Å². The summed E-state index contributed by atoms with van der Waals surface area (Å²) in [6, 6.07) is 6.86. The number of hydrogen-bond donors (Lipinski definition) is 1. The molecular weight excluding hydrogens is 323 g/mol. The van der Waals surface area contributed by atoms with E-state index in [4.69, 9.17) is 0 Å². The summed E-state index contributed by atoms with van der Waals surface area (Å²) in [5.41, 5.74) is 0.976. The van der Waals surface area contributed by atoms with Gasteiger partial charge in [-0.1, -0.05) is 6.07 Å². The van der Waals surface area contributed by atoms with Gasteiger partial charge in [0, 0.05) is 32.4 Å². The molecule has 0 aliphatic rings. The quantitative estimate of drug-likeness (QED) is 0.878. The Morgan fingerprint density at radius 3 is 2.67 bits per heavy atom. The summed E-state index contributed by atoms with van der Waals surface area (Å²) < 4.78 is 41.9. The van der Waals surface area contributed by atoms with Gasteiger partial charge in [0.25, 0.3) is 5.91 Å². The average molecular weight is 339 g/mol. The first-order chi connectivity index (χ1) is 11.4. The Balaban J connectivity index is 2.04. The summed E-state index contributed by atoms with van der Waals surface area (Å²) in [7, 11) is 3.28. The van der Waals surface area contributed by atoms with Crippen LogP contribution < -0.4 is 10.1 Å². The number of hydrogen-bond acceptors (Lipinski definition) is 4. The van der Waals surface area contributed by atoms with Gasteiger partial charge in [-0.3, -0.25) is 4.79 Å². The molecule has 0 spiro atoms. The molecule has 1 aromatic heterocycles. The second kappa shape index (κ2) is 7.67. The molecule has 8 heteroatoms. The largest absolute Gasteiger partial charge is 0.432 e. The zero-order valence-electron chi connectivity index (χ0n) is 13.1. The molecule has 128 valence electrons. The van der Waals surface area contributed by atoms with Crippen molar-refractivity contribution in [2.75, 3.05) is 19.4 Å². The van der Waals surface area contributed by atoms with Crippen LogP contribution in [0.15, 0.2) is 36.5 Å². The molecule has 1 heterocycles. The molecule has 0 aliphatic heterocycles. The standard InChI is InChI=1S/C16H16F3N3O2/c1-22(2)15(23)11-5-6-20-14(8-11)21-9-10-3-4-13(12(17)7-10)24-16(18)19/h3-8,16H,9H2,1-2H3,(H,20,21). The Labute approximate surface area is 137 Å². The SMILES string of the molecule is CN(C)C(=O)c1ccnc(NCc2ccc(OC(F)F)c(F)c2)c1. The van der Waals surface area contributed by atoms with Gasteiger partial charge in [0.1, 0.15) is 5.82 Å². The number of carbonyl (C=O) groups is 1. The molecule has 5 nitrogen and oxygen atoms in total. The summed E-state index contributed by atoms with van der Waals surface area (Å²) in [6.07, 6.45) is 1.49. The summed E-state index contributed by atoms with van der Waals surface area (Å²) in [5.74, 6) is -1.11. The molecule has 0 radical (unpaired) electrons. The van der Waals surface area contributed by atoms with Gasteiger partial charge >= 0.3 is 6.61 Å². The molecule has 24 heavy (non-hydrogen) atoms. The van der Waals surface area contributed by atoms with Gasteiger partial charge in [0.15, 0.2) is 11.6 Å². The molecule has 1 aromatic carbocycles. The van der Waals surface area contributed by atoms with Crippen molar-refractivity contribution in [3.05, 3.63) is 53.5 Å². The highest BCUT2D eigenvalue weighted by Gasteiger charge is 2.11. The zero-order valence-corrected chi connectivity index (χ0v) is 13.1. The first-order valence-electron chi connectivity index (χ1n) is 7.01. The topological polar surface area (TPSA) is 54.5 Å². The van der Waals surface area contributed by atoms with E-state index in [-0.39, 0.29) is 12.5 Å². The molecule has 2 rings (SSSR count). The van der Waals surface area contributed by atoms with Crippen LogP contribution in [-0.4, -0.2) is 36.5 Å². The van der Waals surface area contributed by atoms with Crippen LogP contribution in [0.1, 0.15) is 15.9 Å².